The highest BCUT2D eigenvalue weighted by Gasteiger charge is 2.31. The van der Waals surface area contributed by atoms with Crippen molar-refractivity contribution in [2.24, 2.45) is 7.05 Å². The fraction of sp³-hybridized carbons (Fsp3) is 0.412. The van der Waals surface area contributed by atoms with Crippen LogP contribution in [0.15, 0.2) is 36.7 Å². The summed E-state index contributed by atoms with van der Waals surface area (Å²) in [5, 5.41) is 9.61. The summed E-state index contributed by atoms with van der Waals surface area (Å²) in [6.45, 7) is 0.730. The van der Waals surface area contributed by atoms with E-state index in [0.29, 0.717) is 19.6 Å². The highest BCUT2D eigenvalue weighted by Crippen LogP contribution is 2.22. The van der Waals surface area contributed by atoms with Gasteiger partial charge in [-0.2, -0.15) is 0 Å². The molecule has 0 saturated carbocycles. The first-order valence-corrected chi connectivity index (χ1v) is 7.76. The van der Waals surface area contributed by atoms with E-state index in [2.05, 4.69) is 4.98 Å². The Labute approximate surface area is 135 Å². The zero-order chi connectivity index (χ0) is 16.2. The molecule has 0 unspecified atom stereocenters. The third kappa shape index (κ3) is 3.37. The number of fused-ring (bicyclic) bond motifs is 1. The number of rotatable bonds is 5. The minimum Gasteiger partial charge on any atom is -0.493 e. The average Bonchev–Trinajstić information content (AvgIpc) is 2.95. The first-order valence-electron chi connectivity index (χ1n) is 7.76. The van der Waals surface area contributed by atoms with Gasteiger partial charge in [0.15, 0.2) is 0 Å². The minimum atomic E-state index is -0.192. The smallest absolute Gasteiger partial charge is 0.226 e. The van der Waals surface area contributed by atoms with Crippen LogP contribution >= 0.6 is 0 Å². The maximum absolute atomic E-state index is 12.5. The van der Waals surface area contributed by atoms with E-state index in [1.807, 2.05) is 41.9 Å². The van der Waals surface area contributed by atoms with Crippen LogP contribution in [0.4, 0.5) is 0 Å². The average molecular weight is 315 g/mol. The Morgan fingerprint density at radius 2 is 2.17 bits per heavy atom. The fourth-order valence-corrected chi connectivity index (χ4v) is 2.89. The molecule has 1 N–H and O–H groups in total. The molecule has 0 saturated heterocycles. The molecule has 23 heavy (non-hydrogen) atoms. The van der Waals surface area contributed by atoms with Crippen LogP contribution < -0.4 is 4.74 Å². The molecule has 1 atom stereocenters. The van der Waals surface area contributed by atoms with Gasteiger partial charge in [0.1, 0.15) is 5.75 Å². The van der Waals surface area contributed by atoms with Gasteiger partial charge >= 0.3 is 0 Å². The molecule has 6 nitrogen and oxygen atoms in total. The third-order valence-electron chi connectivity index (χ3n) is 4.19. The molecule has 2 heterocycles. The number of aromatic nitrogens is 2. The molecule has 1 aliphatic heterocycles. The van der Waals surface area contributed by atoms with E-state index in [4.69, 9.17) is 4.74 Å². The Morgan fingerprint density at radius 3 is 2.91 bits per heavy atom. The van der Waals surface area contributed by atoms with Crippen LogP contribution in [0.5, 0.6) is 5.75 Å². The van der Waals surface area contributed by atoms with Gasteiger partial charge in [0, 0.05) is 19.2 Å². The number of amides is 1. The van der Waals surface area contributed by atoms with Crippen molar-refractivity contribution in [3.05, 3.63) is 48.0 Å². The molecule has 0 bridgehead atoms. The highest BCUT2D eigenvalue weighted by atomic mass is 16.5. The molecule has 1 aromatic carbocycles. The Hall–Kier alpha value is -2.34. The van der Waals surface area contributed by atoms with Crippen molar-refractivity contribution >= 4 is 5.91 Å². The van der Waals surface area contributed by atoms with Gasteiger partial charge in [-0.3, -0.25) is 4.79 Å². The van der Waals surface area contributed by atoms with Gasteiger partial charge in [0.2, 0.25) is 5.91 Å². The number of imidazole rings is 1. The summed E-state index contributed by atoms with van der Waals surface area (Å²) in [5.74, 6) is 0.737. The third-order valence-corrected chi connectivity index (χ3v) is 4.19. The molecule has 3 rings (SSSR count). The van der Waals surface area contributed by atoms with E-state index >= 15 is 0 Å². The van der Waals surface area contributed by atoms with Crippen LogP contribution in [0, 0.1) is 0 Å². The number of aryl methyl sites for hydroxylation is 1. The fourth-order valence-electron chi connectivity index (χ4n) is 2.89. The number of carbonyl (C=O) groups excluding carboxylic acids is 1. The SMILES string of the molecule is Cn1cnc2c1C[C@H](CO)N(C(=O)CCOc1ccccc1)C2. The number of aliphatic hydroxyl groups is 1. The molecular formula is C17H21N3O3. The molecule has 0 radical (unpaired) electrons. The molecule has 0 spiro atoms. The molecule has 2 aromatic rings. The monoisotopic (exact) mass is 315 g/mol. The molecule has 6 heteroatoms. The van der Waals surface area contributed by atoms with E-state index in [1.165, 1.54) is 0 Å². The number of benzene rings is 1. The minimum absolute atomic E-state index is 0.0173. The number of hydrogen-bond donors (Lipinski definition) is 1. The normalized spacial score (nSPS) is 17.0. The summed E-state index contributed by atoms with van der Waals surface area (Å²) in [6, 6.07) is 9.24. The maximum Gasteiger partial charge on any atom is 0.226 e. The van der Waals surface area contributed by atoms with Crippen molar-refractivity contribution in [1.29, 1.82) is 0 Å². The second-order valence-corrected chi connectivity index (χ2v) is 5.72. The van der Waals surface area contributed by atoms with Crippen molar-refractivity contribution in [3.63, 3.8) is 0 Å². The summed E-state index contributed by atoms with van der Waals surface area (Å²) < 4.78 is 7.54. The molecule has 1 amide bonds. The lowest BCUT2D eigenvalue weighted by Gasteiger charge is -2.34. The number of aliphatic hydroxyl groups excluding tert-OH is 1. The van der Waals surface area contributed by atoms with Gasteiger partial charge in [-0.1, -0.05) is 18.2 Å². The Balaban J connectivity index is 1.60. The van der Waals surface area contributed by atoms with Crippen LogP contribution in [0.1, 0.15) is 17.8 Å². The molecule has 1 aliphatic rings. The van der Waals surface area contributed by atoms with E-state index < -0.39 is 0 Å². The predicted octanol–water partition coefficient (Wildman–Crippen LogP) is 1.13. The lowest BCUT2D eigenvalue weighted by molar-refractivity contribution is -0.136. The van der Waals surface area contributed by atoms with Crippen LogP contribution in [0.25, 0.3) is 0 Å². The van der Waals surface area contributed by atoms with Gasteiger partial charge in [-0.25, -0.2) is 4.98 Å². The number of hydrogen-bond acceptors (Lipinski definition) is 4. The summed E-state index contributed by atoms with van der Waals surface area (Å²) >= 11 is 0. The van der Waals surface area contributed by atoms with Gasteiger partial charge in [0.05, 0.1) is 44.2 Å². The summed E-state index contributed by atoms with van der Waals surface area (Å²) in [7, 11) is 1.94. The number of carbonyl (C=O) groups is 1. The van der Waals surface area contributed by atoms with Crippen LogP contribution in [0.2, 0.25) is 0 Å². The lowest BCUT2D eigenvalue weighted by atomic mass is 10.0. The van der Waals surface area contributed by atoms with E-state index in [-0.39, 0.29) is 25.0 Å². The van der Waals surface area contributed by atoms with Crippen molar-refractivity contribution in [3.8, 4) is 5.75 Å². The second kappa shape index (κ2) is 6.83. The van der Waals surface area contributed by atoms with E-state index in [9.17, 15) is 9.90 Å². The highest BCUT2D eigenvalue weighted by molar-refractivity contribution is 5.77. The standard InChI is InChI=1S/C17H21N3O3/c1-19-12-18-15-10-20(13(11-21)9-16(15)19)17(22)7-8-23-14-5-3-2-4-6-14/h2-6,12-13,21H,7-11H2,1H3/t13-/m1/s1. The van der Waals surface area contributed by atoms with Gasteiger partial charge in [0.25, 0.3) is 0 Å². The van der Waals surface area contributed by atoms with Crippen molar-refractivity contribution in [1.82, 2.24) is 14.5 Å². The zero-order valence-electron chi connectivity index (χ0n) is 13.2. The molecule has 0 fully saturated rings. The quantitative estimate of drug-likeness (QED) is 0.898. The second-order valence-electron chi connectivity index (χ2n) is 5.72. The lowest BCUT2D eigenvalue weighted by Crippen LogP contribution is -2.47. The Bertz CT molecular complexity index is 669. The van der Waals surface area contributed by atoms with Crippen molar-refractivity contribution in [2.45, 2.75) is 25.4 Å². The maximum atomic E-state index is 12.5. The van der Waals surface area contributed by atoms with Crippen molar-refractivity contribution in [2.75, 3.05) is 13.2 Å². The zero-order valence-corrected chi connectivity index (χ0v) is 13.2. The van der Waals surface area contributed by atoms with Gasteiger partial charge < -0.3 is 19.3 Å². The number of para-hydroxylation sites is 1. The Kier molecular flexibility index (Phi) is 4.62. The van der Waals surface area contributed by atoms with Crippen LogP contribution in [0.3, 0.4) is 0 Å². The van der Waals surface area contributed by atoms with Gasteiger partial charge in [-0.15, -0.1) is 0 Å². The van der Waals surface area contributed by atoms with Crippen LogP contribution in [-0.4, -0.2) is 44.7 Å². The Morgan fingerprint density at radius 1 is 1.39 bits per heavy atom. The molecule has 122 valence electrons. The molecule has 0 aliphatic carbocycles. The first-order chi connectivity index (χ1) is 11.2. The van der Waals surface area contributed by atoms with E-state index in [0.717, 1.165) is 17.1 Å². The number of ether oxygens (including phenoxy) is 1. The number of nitrogens with zero attached hydrogens (tertiary/aromatic N) is 3. The molecule has 1 aromatic heterocycles. The topological polar surface area (TPSA) is 67.6 Å². The molecular weight excluding hydrogens is 294 g/mol. The van der Waals surface area contributed by atoms with Crippen molar-refractivity contribution < 1.29 is 14.6 Å². The van der Waals surface area contributed by atoms with Crippen LogP contribution in [-0.2, 0) is 24.8 Å². The predicted molar refractivity (Wildman–Crippen MR) is 84.9 cm³/mol. The van der Waals surface area contributed by atoms with Gasteiger partial charge in [-0.05, 0) is 12.1 Å². The summed E-state index contributed by atoms with van der Waals surface area (Å²) in [6.07, 6.45) is 2.67. The summed E-state index contributed by atoms with van der Waals surface area (Å²) in [5.41, 5.74) is 2.00. The summed E-state index contributed by atoms with van der Waals surface area (Å²) in [4.78, 5) is 18.5. The van der Waals surface area contributed by atoms with E-state index in [1.54, 1.807) is 11.2 Å². The largest absolute Gasteiger partial charge is 0.493 e. The first kappa shape index (κ1) is 15.6.